The van der Waals surface area contributed by atoms with E-state index < -0.39 is 27.6 Å². The Morgan fingerprint density at radius 1 is 1.03 bits per heavy atom. The van der Waals surface area contributed by atoms with Gasteiger partial charge in [0.15, 0.2) is 9.84 Å². The molecule has 1 heterocycles. The van der Waals surface area contributed by atoms with Crippen molar-refractivity contribution in [3.8, 4) is 11.1 Å². The van der Waals surface area contributed by atoms with Gasteiger partial charge in [0, 0.05) is 12.5 Å². The van der Waals surface area contributed by atoms with E-state index in [2.05, 4.69) is 10.6 Å². The van der Waals surface area contributed by atoms with Crippen LogP contribution >= 0.6 is 0 Å². The van der Waals surface area contributed by atoms with E-state index in [-0.39, 0.29) is 29.8 Å². The van der Waals surface area contributed by atoms with Gasteiger partial charge in [0.05, 0.1) is 16.8 Å². The molecule has 206 valence electrons. The van der Waals surface area contributed by atoms with Crippen LogP contribution in [0.1, 0.15) is 52.5 Å². The van der Waals surface area contributed by atoms with Gasteiger partial charge in [0.25, 0.3) is 0 Å². The van der Waals surface area contributed by atoms with E-state index in [0.29, 0.717) is 11.3 Å². The van der Waals surface area contributed by atoms with E-state index in [1.165, 1.54) is 0 Å². The van der Waals surface area contributed by atoms with Gasteiger partial charge >= 0.3 is 6.09 Å². The van der Waals surface area contributed by atoms with E-state index in [1.54, 1.807) is 31.0 Å². The predicted octanol–water partition coefficient (Wildman–Crippen LogP) is 4.14. The number of piperidine rings is 1. The van der Waals surface area contributed by atoms with Gasteiger partial charge in [-0.05, 0) is 81.8 Å². The largest absolute Gasteiger partial charge is 0.444 e. The Balaban J connectivity index is 1.40. The summed E-state index contributed by atoms with van der Waals surface area (Å²) in [6.45, 7) is 7.14. The Bertz CT molecular complexity index is 1250. The van der Waals surface area contributed by atoms with Crippen molar-refractivity contribution in [2.24, 2.45) is 5.92 Å². The summed E-state index contributed by atoms with van der Waals surface area (Å²) in [6, 6.07) is 14.5. The van der Waals surface area contributed by atoms with Crippen molar-refractivity contribution >= 4 is 21.8 Å². The second-order valence-electron chi connectivity index (χ2n) is 11.2. The summed E-state index contributed by atoms with van der Waals surface area (Å²) in [5.41, 5.74) is 2.34. The fourth-order valence-electron chi connectivity index (χ4n) is 5.48. The second-order valence-corrected chi connectivity index (χ2v) is 13.5. The standard InChI is InChI=1S/C29H39N3O5S/c1-6-38(35,36)24-15-12-21(13-16-24)20-9-7-19(8-10-20)17-25(30-5)31-27(33)26-22-11-14-23(18-22)32(26)28(34)37-29(2,3)4/h7-10,12-13,15-16,22-23,25-26,30H,6,11,14,17-18H2,1-5H3,(H,31,33)/t22?,23-,25+,26+/m1/s1. The van der Waals surface area contributed by atoms with Crippen LogP contribution in [0.3, 0.4) is 0 Å². The second kappa shape index (κ2) is 11.1. The molecule has 2 aromatic rings. The van der Waals surface area contributed by atoms with Crippen molar-refractivity contribution in [1.82, 2.24) is 15.5 Å². The van der Waals surface area contributed by atoms with Crippen LogP contribution in [-0.4, -0.2) is 62.0 Å². The number of likely N-dealkylation sites (N-methyl/N-ethyl adjacent to an activating group) is 1. The van der Waals surface area contributed by atoms with Crippen molar-refractivity contribution in [1.29, 1.82) is 0 Å². The molecule has 38 heavy (non-hydrogen) atoms. The number of nitrogens with one attached hydrogen (secondary N) is 2. The molecule has 2 N–H and O–H groups in total. The summed E-state index contributed by atoms with van der Waals surface area (Å²) in [6.07, 6.45) is 2.55. The molecule has 1 saturated heterocycles. The average molecular weight is 542 g/mol. The Kier molecular flexibility index (Phi) is 8.18. The quantitative estimate of drug-likeness (QED) is 0.487. The molecule has 2 bridgehead atoms. The maximum absolute atomic E-state index is 13.4. The third kappa shape index (κ3) is 6.21. The van der Waals surface area contributed by atoms with Gasteiger partial charge in [-0.1, -0.05) is 43.3 Å². The molecule has 0 radical (unpaired) electrons. The number of rotatable bonds is 8. The number of carbonyl (C=O) groups excluding carboxylic acids is 2. The van der Waals surface area contributed by atoms with Crippen LogP contribution in [0, 0.1) is 5.92 Å². The first-order valence-corrected chi connectivity index (χ1v) is 15.0. The first-order chi connectivity index (χ1) is 17.9. The van der Waals surface area contributed by atoms with Gasteiger partial charge in [-0.25, -0.2) is 13.2 Å². The zero-order chi connectivity index (χ0) is 27.7. The van der Waals surface area contributed by atoms with Gasteiger partial charge in [-0.2, -0.15) is 0 Å². The summed E-state index contributed by atoms with van der Waals surface area (Å²) in [5.74, 6) is 0.0785. The average Bonchev–Trinajstić information content (AvgIpc) is 3.50. The number of fused-ring (bicyclic) bond motifs is 2. The fraction of sp³-hybridized carbons (Fsp3) is 0.517. The van der Waals surface area contributed by atoms with Crippen molar-refractivity contribution in [3.05, 3.63) is 54.1 Å². The monoisotopic (exact) mass is 541 g/mol. The number of likely N-dealkylation sites (tertiary alicyclic amines) is 1. The van der Waals surface area contributed by atoms with E-state index >= 15 is 0 Å². The Labute approximate surface area is 226 Å². The topological polar surface area (TPSA) is 105 Å². The normalized spacial score (nSPS) is 21.8. The highest BCUT2D eigenvalue weighted by Gasteiger charge is 2.52. The lowest BCUT2D eigenvalue weighted by atomic mass is 9.97. The Morgan fingerprint density at radius 3 is 2.18 bits per heavy atom. The zero-order valence-corrected chi connectivity index (χ0v) is 23.7. The highest BCUT2D eigenvalue weighted by molar-refractivity contribution is 7.91. The Hall–Kier alpha value is -2.91. The SMILES string of the molecule is CCS(=O)(=O)c1ccc(-c2ccc(C[C@@H](NC)NC(=O)[C@@H]3C4CC[C@H](C4)N3C(=O)OC(C)(C)C)cc2)cc1. The van der Waals surface area contributed by atoms with Crippen LogP contribution in [0.4, 0.5) is 4.79 Å². The van der Waals surface area contributed by atoms with Crippen molar-refractivity contribution < 1.29 is 22.7 Å². The number of nitrogens with zero attached hydrogens (tertiary/aromatic N) is 1. The van der Waals surface area contributed by atoms with Crippen LogP contribution in [-0.2, 0) is 25.8 Å². The minimum atomic E-state index is -3.23. The number of sulfone groups is 1. The molecular formula is C29H39N3O5S. The lowest BCUT2D eigenvalue weighted by molar-refractivity contribution is -0.128. The van der Waals surface area contributed by atoms with Crippen molar-refractivity contribution in [2.45, 2.75) is 82.1 Å². The van der Waals surface area contributed by atoms with Gasteiger partial charge in [0.1, 0.15) is 11.6 Å². The van der Waals surface area contributed by atoms with Gasteiger partial charge in [-0.3, -0.25) is 9.69 Å². The molecule has 1 unspecified atom stereocenters. The van der Waals surface area contributed by atoms with E-state index in [0.717, 1.165) is 36.0 Å². The molecule has 0 aromatic heterocycles. The minimum absolute atomic E-state index is 0.0577. The molecule has 1 aliphatic carbocycles. The molecular weight excluding hydrogens is 502 g/mol. The van der Waals surface area contributed by atoms with Crippen LogP contribution in [0.5, 0.6) is 0 Å². The van der Waals surface area contributed by atoms with Crippen molar-refractivity contribution in [3.63, 3.8) is 0 Å². The Morgan fingerprint density at radius 2 is 1.63 bits per heavy atom. The predicted molar refractivity (Wildman–Crippen MR) is 147 cm³/mol. The molecule has 0 spiro atoms. The summed E-state index contributed by atoms with van der Waals surface area (Å²) < 4.78 is 29.8. The minimum Gasteiger partial charge on any atom is -0.444 e. The van der Waals surface area contributed by atoms with E-state index in [4.69, 9.17) is 4.74 Å². The maximum atomic E-state index is 13.4. The lowest BCUT2D eigenvalue weighted by Gasteiger charge is -2.36. The van der Waals surface area contributed by atoms with Gasteiger partial charge in [-0.15, -0.1) is 0 Å². The molecule has 2 fully saturated rings. The first-order valence-electron chi connectivity index (χ1n) is 13.3. The van der Waals surface area contributed by atoms with E-state index in [1.807, 2.05) is 57.2 Å². The summed E-state index contributed by atoms with van der Waals surface area (Å²) in [7, 11) is -1.42. The molecule has 2 aromatic carbocycles. The summed E-state index contributed by atoms with van der Waals surface area (Å²) in [4.78, 5) is 28.3. The van der Waals surface area contributed by atoms with Crippen molar-refractivity contribution in [2.75, 3.05) is 12.8 Å². The van der Waals surface area contributed by atoms with E-state index in [9.17, 15) is 18.0 Å². The number of amides is 2. The van der Waals surface area contributed by atoms with Crippen LogP contribution < -0.4 is 10.6 Å². The maximum Gasteiger partial charge on any atom is 0.411 e. The summed E-state index contributed by atoms with van der Waals surface area (Å²) >= 11 is 0. The molecule has 2 amide bonds. The molecule has 1 aliphatic heterocycles. The van der Waals surface area contributed by atoms with Crippen LogP contribution in [0.15, 0.2) is 53.4 Å². The molecule has 2 aliphatic rings. The molecule has 4 rings (SSSR count). The summed E-state index contributed by atoms with van der Waals surface area (Å²) in [5, 5.41) is 6.29. The molecule has 4 atom stereocenters. The van der Waals surface area contributed by atoms with Crippen LogP contribution in [0.2, 0.25) is 0 Å². The van der Waals surface area contributed by atoms with Crippen LogP contribution in [0.25, 0.3) is 11.1 Å². The van der Waals surface area contributed by atoms with Gasteiger partial charge < -0.3 is 15.4 Å². The number of hydrogen-bond donors (Lipinski definition) is 2. The molecule has 8 nitrogen and oxygen atoms in total. The highest BCUT2D eigenvalue weighted by atomic mass is 32.2. The number of ether oxygens (including phenoxy) is 1. The molecule has 9 heteroatoms. The highest BCUT2D eigenvalue weighted by Crippen LogP contribution is 2.43. The zero-order valence-electron chi connectivity index (χ0n) is 22.9. The lowest BCUT2D eigenvalue weighted by Crippen LogP contribution is -2.57. The fourth-order valence-corrected chi connectivity index (χ4v) is 6.36. The third-order valence-corrected chi connectivity index (χ3v) is 9.19. The van der Waals surface area contributed by atoms with Gasteiger partial charge in [0.2, 0.25) is 5.91 Å². The number of benzene rings is 2. The number of carbonyl (C=O) groups is 2. The molecule has 1 saturated carbocycles. The number of hydrogen-bond acceptors (Lipinski definition) is 6. The smallest absolute Gasteiger partial charge is 0.411 e. The third-order valence-electron chi connectivity index (χ3n) is 7.44. The first kappa shape index (κ1) is 28.1.